The van der Waals surface area contributed by atoms with Gasteiger partial charge in [0.25, 0.3) is 18.2 Å². The topological polar surface area (TPSA) is 139 Å². The number of nitrogens with one attached hydrogen (secondary N) is 1. The molecule has 0 aliphatic rings. The molecule has 0 aliphatic carbocycles. The van der Waals surface area contributed by atoms with E-state index in [9.17, 15) is 18.4 Å². The van der Waals surface area contributed by atoms with Crippen LogP contribution in [-0.2, 0) is 13.7 Å². The average molecular weight is 540 g/mol. The highest BCUT2D eigenvalue weighted by Crippen LogP contribution is 2.43. The number of pyridine rings is 1. The van der Waals surface area contributed by atoms with Crippen LogP contribution in [0.15, 0.2) is 30.6 Å². The number of nitrogens with two attached hydrogens (primary N) is 1. The van der Waals surface area contributed by atoms with Crippen molar-refractivity contribution < 1.29 is 18.4 Å². The summed E-state index contributed by atoms with van der Waals surface area (Å²) in [6.07, 6.45) is 0.457. The van der Waals surface area contributed by atoms with E-state index in [4.69, 9.17) is 5.73 Å². The maximum absolute atomic E-state index is 13.7. The van der Waals surface area contributed by atoms with E-state index < -0.39 is 23.9 Å². The number of fused-ring (bicyclic) bond motifs is 1. The second-order valence-corrected chi connectivity index (χ2v) is 9.81. The number of halogens is 2. The maximum Gasteiger partial charge on any atom is 0.280 e. The zero-order valence-electron chi connectivity index (χ0n) is 20.9. The summed E-state index contributed by atoms with van der Waals surface area (Å²) < 4.78 is 32.3. The van der Waals surface area contributed by atoms with Gasteiger partial charge in [0.15, 0.2) is 5.69 Å². The Labute approximate surface area is 218 Å². The number of aryl methyl sites for hydroxylation is 4. The first-order valence-electron chi connectivity index (χ1n) is 11.4. The summed E-state index contributed by atoms with van der Waals surface area (Å²) in [6, 6.07) is 4.70. The number of aromatic nitrogens is 7. The highest BCUT2D eigenvalue weighted by Gasteiger charge is 2.26. The molecule has 0 atom stereocenters. The van der Waals surface area contributed by atoms with Gasteiger partial charge in [0, 0.05) is 36.1 Å². The van der Waals surface area contributed by atoms with Crippen LogP contribution in [-0.4, -0.2) is 46.1 Å². The van der Waals surface area contributed by atoms with E-state index >= 15 is 0 Å². The molecule has 11 nitrogen and oxygen atoms in total. The maximum atomic E-state index is 13.7. The van der Waals surface area contributed by atoms with E-state index in [1.54, 1.807) is 40.4 Å². The number of thiophene rings is 1. The number of hydrogen-bond acceptors (Lipinski definition) is 7. The molecule has 0 unspecified atom stereocenters. The summed E-state index contributed by atoms with van der Waals surface area (Å²) in [5.74, 6) is -1.43. The zero-order chi connectivity index (χ0) is 27.3. The van der Waals surface area contributed by atoms with Crippen LogP contribution in [0.1, 0.15) is 49.4 Å². The first kappa shape index (κ1) is 25.2. The molecule has 0 bridgehead atoms. The third-order valence-corrected chi connectivity index (χ3v) is 7.03. The van der Waals surface area contributed by atoms with Crippen molar-refractivity contribution in [2.75, 3.05) is 5.32 Å². The lowest BCUT2D eigenvalue weighted by Crippen LogP contribution is -2.18. The molecule has 0 aliphatic heterocycles. The Kier molecular flexibility index (Phi) is 6.26. The summed E-state index contributed by atoms with van der Waals surface area (Å²) >= 11 is 0.835. The fourth-order valence-electron chi connectivity index (χ4n) is 4.29. The van der Waals surface area contributed by atoms with Crippen LogP contribution in [0.25, 0.3) is 21.3 Å². The zero-order valence-corrected chi connectivity index (χ0v) is 21.7. The number of anilines is 1. The highest BCUT2D eigenvalue weighted by molar-refractivity contribution is 7.21. The van der Waals surface area contributed by atoms with Gasteiger partial charge in [-0.05, 0) is 44.5 Å². The molecule has 38 heavy (non-hydrogen) atoms. The third-order valence-electron chi connectivity index (χ3n) is 5.93. The van der Waals surface area contributed by atoms with Crippen LogP contribution in [0, 0.1) is 20.8 Å². The lowest BCUT2D eigenvalue weighted by Gasteiger charge is -2.10. The normalized spacial score (nSPS) is 11.6. The Morgan fingerprint density at radius 2 is 1.89 bits per heavy atom. The summed E-state index contributed by atoms with van der Waals surface area (Å²) in [7, 11) is 1.70. The van der Waals surface area contributed by atoms with Crippen molar-refractivity contribution >= 4 is 39.1 Å². The van der Waals surface area contributed by atoms with Gasteiger partial charge < -0.3 is 11.1 Å². The number of hydrogen-bond donors (Lipinski definition) is 2. The van der Waals surface area contributed by atoms with Crippen molar-refractivity contribution in [1.82, 2.24) is 34.3 Å². The van der Waals surface area contributed by atoms with Gasteiger partial charge >= 0.3 is 0 Å². The molecule has 2 amide bonds. The number of carbonyl (C=O) groups is 2. The van der Waals surface area contributed by atoms with Gasteiger partial charge in [-0.1, -0.05) is 0 Å². The second kappa shape index (κ2) is 9.45. The van der Waals surface area contributed by atoms with Crippen LogP contribution in [0.2, 0.25) is 0 Å². The number of primary amides is 1. The number of rotatable bonds is 7. The Balaban J connectivity index is 1.58. The molecular formula is C24H23F2N9O2S. The molecule has 0 spiro atoms. The van der Waals surface area contributed by atoms with Crippen molar-refractivity contribution in [2.24, 2.45) is 12.8 Å². The Morgan fingerprint density at radius 1 is 1.13 bits per heavy atom. The van der Waals surface area contributed by atoms with Crippen LogP contribution >= 0.6 is 11.3 Å². The van der Waals surface area contributed by atoms with E-state index in [0.29, 0.717) is 28.9 Å². The van der Waals surface area contributed by atoms with Crippen molar-refractivity contribution in [3.63, 3.8) is 0 Å². The van der Waals surface area contributed by atoms with E-state index in [1.807, 2.05) is 19.9 Å². The number of carbonyl (C=O) groups excluding carboxylic acids is 2. The molecule has 0 saturated carbocycles. The molecular weight excluding hydrogens is 516 g/mol. The minimum atomic E-state index is -2.85. The van der Waals surface area contributed by atoms with Gasteiger partial charge in [-0.2, -0.15) is 15.3 Å². The van der Waals surface area contributed by atoms with Crippen molar-refractivity contribution in [3.8, 4) is 11.1 Å². The lowest BCUT2D eigenvalue weighted by atomic mass is 10.0. The fourth-order valence-corrected chi connectivity index (χ4v) is 5.31. The molecule has 5 aromatic rings. The van der Waals surface area contributed by atoms with Crippen LogP contribution < -0.4 is 11.1 Å². The van der Waals surface area contributed by atoms with Crippen LogP contribution in [0.4, 0.5) is 14.5 Å². The SMILES string of the molecule is Cc1cc(C)n(Cn2ccc(C(=O)Nc3c(C(N)=O)sc4nc(C(F)F)cc(-c5cn(C)nc5C)c34)n2)n1. The molecule has 14 heteroatoms. The van der Waals surface area contributed by atoms with Gasteiger partial charge in [0.2, 0.25) is 0 Å². The monoisotopic (exact) mass is 539 g/mol. The molecule has 0 radical (unpaired) electrons. The standard InChI is InChI=1S/C24H23F2N9O2S/c1-11-7-12(2)35(30-11)10-34-6-5-16(32-34)23(37)29-19-18-14(15-9-33(4)31-13(15)3)8-17(21(25)26)28-24(18)38-20(19)22(27)36/h5-9,21H,10H2,1-4H3,(H2,27,36)(H,29,37). The number of alkyl halides is 2. The third kappa shape index (κ3) is 4.53. The molecule has 0 saturated heterocycles. The summed E-state index contributed by atoms with van der Waals surface area (Å²) in [4.78, 5) is 29.8. The second-order valence-electron chi connectivity index (χ2n) is 8.81. The predicted octanol–water partition coefficient (Wildman–Crippen LogP) is 3.81. The molecule has 5 rings (SSSR count). The van der Waals surface area contributed by atoms with Gasteiger partial charge in [-0.15, -0.1) is 11.3 Å². The van der Waals surface area contributed by atoms with E-state index in [1.165, 1.54) is 12.1 Å². The van der Waals surface area contributed by atoms with E-state index in [-0.39, 0.29) is 21.1 Å². The number of nitrogens with zero attached hydrogens (tertiary/aromatic N) is 7. The predicted molar refractivity (Wildman–Crippen MR) is 137 cm³/mol. The fraction of sp³-hybridized carbons (Fsp3) is 0.250. The minimum Gasteiger partial charge on any atom is -0.365 e. The summed E-state index contributed by atoms with van der Waals surface area (Å²) in [5.41, 5.74) is 8.60. The summed E-state index contributed by atoms with van der Waals surface area (Å²) in [5, 5.41) is 16.1. The van der Waals surface area contributed by atoms with Crippen LogP contribution in [0.5, 0.6) is 0 Å². The van der Waals surface area contributed by atoms with E-state index in [2.05, 4.69) is 25.6 Å². The van der Waals surface area contributed by atoms with Crippen molar-refractivity contribution in [2.45, 2.75) is 33.9 Å². The van der Waals surface area contributed by atoms with Gasteiger partial charge in [-0.25, -0.2) is 18.4 Å². The van der Waals surface area contributed by atoms with Crippen molar-refractivity contribution in [1.29, 1.82) is 0 Å². The van der Waals surface area contributed by atoms with Crippen LogP contribution in [0.3, 0.4) is 0 Å². The minimum absolute atomic E-state index is 0.0165. The summed E-state index contributed by atoms with van der Waals surface area (Å²) in [6.45, 7) is 5.83. The Morgan fingerprint density at radius 3 is 2.50 bits per heavy atom. The highest BCUT2D eigenvalue weighted by atomic mass is 32.1. The Bertz CT molecular complexity index is 1710. The molecule has 0 fully saturated rings. The van der Waals surface area contributed by atoms with E-state index in [0.717, 1.165) is 22.7 Å². The quantitative estimate of drug-likeness (QED) is 0.323. The molecule has 196 valence electrons. The molecule has 5 aromatic heterocycles. The van der Waals surface area contributed by atoms with Gasteiger partial charge in [0.05, 0.1) is 17.1 Å². The molecule has 3 N–H and O–H groups in total. The largest absolute Gasteiger partial charge is 0.365 e. The lowest BCUT2D eigenvalue weighted by molar-refractivity contribution is 0.100. The van der Waals surface area contributed by atoms with Crippen molar-refractivity contribution in [3.05, 3.63) is 63.9 Å². The smallest absolute Gasteiger partial charge is 0.280 e. The first-order valence-corrected chi connectivity index (χ1v) is 12.2. The Hall–Kier alpha value is -4.46. The van der Waals surface area contributed by atoms with Gasteiger partial charge in [-0.3, -0.25) is 19.0 Å². The first-order chi connectivity index (χ1) is 18.0. The van der Waals surface area contributed by atoms with Gasteiger partial charge in [0.1, 0.15) is 22.1 Å². The molecule has 5 heterocycles. The number of amides is 2. The average Bonchev–Trinajstić information content (AvgIpc) is 3.60. The molecule has 0 aromatic carbocycles.